The minimum Gasteiger partial charge on any atom is -0.348 e. The average Bonchev–Trinajstić information content (AvgIpc) is 2.58. The lowest BCUT2D eigenvalue weighted by Gasteiger charge is -2.15. The Morgan fingerprint density at radius 3 is 2.75 bits per heavy atom. The van der Waals surface area contributed by atoms with Crippen LogP contribution in [-0.4, -0.2) is 15.5 Å². The molecule has 0 saturated carbocycles. The molecule has 3 rings (SSSR count). The van der Waals surface area contributed by atoms with Crippen LogP contribution in [0.1, 0.15) is 18.5 Å². The molecule has 1 amide bonds. The number of hydrogen-bond acceptors (Lipinski definition) is 3. The van der Waals surface area contributed by atoms with Gasteiger partial charge in [0.25, 0.3) is 5.56 Å². The molecule has 1 aromatic heterocycles. The average molecular weight is 386 g/mol. The van der Waals surface area contributed by atoms with E-state index in [9.17, 15) is 9.59 Å². The Hall–Kier alpha value is -2.47. The molecule has 0 aliphatic heterocycles. The number of aromatic nitrogens is 2. The van der Waals surface area contributed by atoms with Gasteiger partial charge in [-0.15, -0.1) is 0 Å². The molecule has 24 heavy (non-hydrogen) atoms. The fraction of sp³-hybridized carbons (Fsp3) is 0.167. The third kappa shape index (κ3) is 3.54. The lowest BCUT2D eigenvalue weighted by atomic mass is 10.1. The van der Waals surface area contributed by atoms with Gasteiger partial charge in [0.05, 0.1) is 23.3 Å². The molecule has 122 valence electrons. The minimum atomic E-state index is -0.233. The van der Waals surface area contributed by atoms with Crippen molar-refractivity contribution >= 4 is 32.7 Å². The third-order valence-electron chi connectivity index (χ3n) is 3.78. The molecule has 0 aliphatic carbocycles. The summed E-state index contributed by atoms with van der Waals surface area (Å²) in [6.45, 7) is 1.84. The zero-order valence-corrected chi connectivity index (χ0v) is 14.7. The van der Waals surface area contributed by atoms with E-state index in [1.54, 1.807) is 12.1 Å². The number of hydrogen-bond donors (Lipinski definition) is 1. The molecule has 0 spiro atoms. The molecule has 0 unspecified atom stereocenters. The van der Waals surface area contributed by atoms with Crippen LogP contribution in [0.25, 0.3) is 10.9 Å². The Balaban J connectivity index is 1.78. The molecule has 0 fully saturated rings. The fourth-order valence-electron chi connectivity index (χ4n) is 2.51. The van der Waals surface area contributed by atoms with Gasteiger partial charge in [-0.2, -0.15) is 0 Å². The second-order valence-electron chi connectivity index (χ2n) is 5.54. The number of carbonyl (C=O) groups excluding carboxylic acids is 1. The number of fused-ring (bicyclic) bond motifs is 1. The number of amides is 1. The van der Waals surface area contributed by atoms with Crippen molar-refractivity contribution in [2.24, 2.45) is 0 Å². The Morgan fingerprint density at radius 2 is 2.00 bits per heavy atom. The molecule has 1 N–H and O–H groups in total. The van der Waals surface area contributed by atoms with Crippen molar-refractivity contribution in [2.75, 3.05) is 0 Å². The van der Waals surface area contributed by atoms with Gasteiger partial charge in [-0.05, 0) is 30.7 Å². The van der Waals surface area contributed by atoms with Gasteiger partial charge in [-0.1, -0.05) is 46.3 Å². The normalized spacial score (nSPS) is 12.1. The largest absolute Gasteiger partial charge is 0.348 e. The van der Waals surface area contributed by atoms with Crippen LogP contribution in [0.15, 0.2) is 64.1 Å². The quantitative estimate of drug-likeness (QED) is 0.750. The van der Waals surface area contributed by atoms with Crippen molar-refractivity contribution in [1.82, 2.24) is 14.9 Å². The van der Waals surface area contributed by atoms with Crippen molar-refractivity contribution in [3.8, 4) is 0 Å². The third-order valence-corrected chi connectivity index (χ3v) is 4.27. The van der Waals surface area contributed by atoms with E-state index in [0.717, 1.165) is 10.0 Å². The van der Waals surface area contributed by atoms with Crippen LogP contribution in [0.4, 0.5) is 0 Å². The van der Waals surface area contributed by atoms with Gasteiger partial charge in [-0.3, -0.25) is 14.2 Å². The highest BCUT2D eigenvalue weighted by atomic mass is 79.9. The van der Waals surface area contributed by atoms with Gasteiger partial charge in [0.2, 0.25) is 5.91 Å². The highest BCUT2D eigenvalue weighted by Gasteiger charge is 2.12. The number of benzene rings is 2. The van der Waals surface area contributed by atoms with E-state index in [1.165, 1.54) is 10.9 Å². The second kappa shape index (κ2) is 6.97. The maximum absolute atomic E-state index is 12.5. The Labute approximate surface area is 147 Å². The predicted octanol–water partition coefficient (Wildman–Crippen LogP) is 3.04. The molecule has 2 aromatic carbocycles. The van der Waals surface area contributed by atoms with Crippen LogP contribution >= 0.6 is 15.9 Å². The van der Waals surface area contributed by atoms with Crippen molar-refractivity contribution in [1.29, 1.82) is 0 Å². The maximum Gasteiger partial charge on any atom is 0.261 e. The number of rotatable bonds is 4. The summed E-state index contributed by atoms with van der Waals surface area (Å²) >= 11 is 3.35. The zero-order valence-electron chi connectivity index (χ0n) is 13.1. The molecule has 0 bridgehead atoms. The second-order valence-corrected chi connectivity index (χ2v) is 6.45. The van der Waals surface area contributed by atoms with Crippen LogP contribution in [0.5, 0.6) is 0 Å². The molecule has 6 heteroatoms. The van der Waals surface area contributed by atoms with Crippen molar-refractivity contribution in [3.05, 3.63) is 75.2 Å². The Bertz CT molecular complexity index is 938. The summed E-state index contributed by atoms with van der Waals surface area (Å²) in [5.74, 6) is -0.232. The Morgan fingerprint density at radius 1 is 1.25 bits per heavy atom. The molecular weight excluding hydrogens is 370 g/mol. The van der Waals surface area contributed by atoms with Gasteiger partial charge in [0.15, 0.2) is 0 Å². The molecule has 0 radical (unpaired) electrons. The standard InChI is InChI=1S/C18H16BrN3O2/c1-12(13-5-3-2-4-6-13)21-17(23)10-22-11-20-16-8-7-14(19)9-15(16)18(22)24/h2-9,11-12H,10H2,1H3,(H,21,23)/t12-/m0/s1. The summed E-state index contributed by atoms with van der Waals surface area (Å²) in [6.07, 6.45) is 1.41. The van der Waals surface area contributed by atoms with Gasteiger partial charge in [0, 0.05) is 4.47 Å². The van der Waals surface area contributed by atoms with E-state index >= 15 is 0 Å². The molecule has 1 heterocycles. The maximum atomic E-state index is 12.5. The van der Waals surface area contributed by atoms with Crippen molar-refractivity contribution in [3.63, 3.8) is 0 Å². The number of carbonyl (C=O) groups is 1. The monoisotopic (exact) mass is 385 g/mol. The lowest BCUT2D eigenvalue weighted by molar-refractivity contribution is -0.122. The molecule has 5 nitrogen and oxygen atoms in total. The van der Waals surface area contributed by atoms with E-state index in [4.69, 9.17) is 0 Å². The van der Waals surface area contributed by atoms with Gasteiger partial charge < -0.3 is 5.32 Å². The van der Waals surface area contributed by atoms with Gasteiger partial charge in [0.1, 0.15) is 6.54 Å². The first-order valence-electron chi connectivity index (χ1n) is 7.53. The SMILES string of the molecule is C[C@H](NC(=O)Cn1cnc2ccc(Br)cc2c1=O)c1ccccc1. The van der Waals surface area contributed by atoms with E-state index in [0.29, 0.717) is 10.9 Å². The number of halogens is 1. The summed E-state index contributed by atoms with van der Waals surface area (Å²) < 4.78 is 2.12. The first-order valence-corrected chi connectivity index (χ1v) is 8.33. The minimum absolute atomic E-state index is 0.0640. The van der Waals surface area contributed by atoms with E-state index in [2.05, 4.69) is 26.2 Å². The first kappa shape index (κ1) is 16.4. The van der Waals surface area contributed by atoms with Gasteiger partial charge >= 0.3 is 0 Å². The summed E-state index contributed by atoms with van der Waals surface area (Å²) in [5, 5.41) is 3.38. The Kier molecular flexibility index (Phi) is 4.76. The van der Waals surface area contributed by atoms with Gasteiger partial charge in [-0.25, -0.2) is 4.98 Å². The van der Waals surface area contributed by atoms with Crippen molar-refractivity contribution in [2.45, 2.75) is 19.5 Å². The number of nitrogens with one attached hydrogen (secondary N) is 1. The van der Waals surface area contributed by atoms with E-state index < -0.39 is 0 Å². The summed E-state index contributed by atoms with van der Waals surface area (Å²) in [6, 6.07) is 14.9. The number of nitrogens with zero attached hydrogens (tertiary/aromatic N) is 2. The van der Waals surface area contributed by atoms with Crippen LogP contribution in [-0.2, 0) is 11.3 Å². The molecular formula is C18H16BrN3O2. The predicted molar refractivity (Wildman–Crippen MR) is 96.7 cm³/mol. The van der Waals surface area contributed by atoms with Crippen LogP contribution in [0.3, 0.4) is 0 Å². The molecule has 0 saturated heterocycles. The summed E-state index contributed by atoms with van der Waals surface area (Å²) in [5.41, 5.74) is 1.39. The summed E-state index contributed by atoms with van der Waals surface area (Å²) in [4.78, 5) is 29.0. The highest BCUT2D eigenvalue weighted by Crippen LogP contribution is 2.15. The smallest absolute Gasteiger partial charge is 0.261 e. The topological polar surface area (TPSA) is 64.0 Å². The molecule has 0 aliphatic rings. The van der Waals surface area contributed by atoms with E-state index in [1.807, 2.05) is 43.3 Å². The van der Waals surface area contributed by atoms with E-state index in [-0.39, 0.29) is 24.1 Å². The highest BCUT2D eigenvalue weighted by molar-refractivity contribution is 9.10. The molecule has 1 atom stereocenters. The van der Waals surface area contributed by atoms with Crippen LogP contribution in [0, 0.1) is 0 Å². The van der Waals surface area contributed by atoms with Crippen LogP contribution in [0.2, 0.25) is 0 Å². The first-order chi connectivity index (χ1) is 11.5. The zero-order chi connectivity index (χ0) is 17.1. The lowest BCUT2D eigenvalue weighted by Crippen LogP contribution is -2.33. The summed E-state index contributed by atoms with van der Waals surface area (Å²) in [7, 11) is 0. The fourth-order valence-corrected chi connectivity index (χ4v) is 2.87. The molecule has 3 aromatic rings. The van der Waals surface area contributed by atoms with Crippen LogP contribution < -0.4 is 10.9 Å². The van der Waals surface area contributed by atoms with Crippen molar-refractivity contribution < 1.29 is 4.79 Å².